The summed E-state index contributed by atoms with van der Waals surface area (Å²) >= 11 is 0. The quantitative estimate of drug-likeness (QED) is 0.711. The Hall–Kier alpha value is -1.83. The van der Waals surface area contributed by atoms with Gasteiger partial charge in [0, 0.05) is 12.5 Å². The summed E-state index contributed by atoms with van der Waals surface area (Å²) in [6.07, 6.45) is 3.01. The first-order valence-electron chi connectivity index (χ1n) is 7.72. The summed E-state index contributed by atoms with van der Waals surface area (Å²) in [4.78, 5) is 1.56. The van der Waals surface area contributed by atoms with Crippen LogP contribution in [0.25, 0.3) is 0 Å². The largest absolute Gasteiger partial charge is 0.374 e. The molecule has 23 heavy (non-hydrogen) atoms. The van der Waals surface area contributed by atoms with E-state index in [0.717, 1.165) is 57.0 Å². The smallest absolute Gasteiger partial charge is 0.123 e. The summed E-state index contributed by atoms with van der Waals surface area (Å²) in [5.41, 5.74) is 8.55. The molecule has 2 aromatic rings. The Morgan fingerprint density at radius 2 is 1.83 bits per heavy atom. The van der Waals surface area contributed by atoms with Crippen molar-refractivity contribution in [1.82, 2.24) is 10.2 Å². The highest BCUT2D eigenvalue weighted by atomic mass is 19.1. The van der Waals surface area contributed by atoms with Crippen LogP contribution in [0.1, 0.15) is 17.7 Å². The van der Waals surface area contributed by atoms with Crippen molar-refractivity contribution in [3.63, 3.8) is 0 Å². The van der Waals surface area contributed by atoms with Crippen LogP contribution < -0.4 is 10.6 Å². The van der Waals surface area contributed by atoms with Gasteiger partial charge in [-0.25, -0.2) is 8.78 Å². The highest BCUT2D eigenvalue weighted by Crippen LogP contribution is 2.10. The maximum Gasteiger partial charge on any atom is 0.123 e. The van der Waals surface area contributed by atoms with Gasteiger partial charge in [-0.05, 0) is 24.3 Å². The minimum atomic E-state index is -0.411. The highest BCUT2D eigenvalue weighted by molar-refractivity contribution is 5.16. The molecular weight excluding hydrogens is 302 g/mol. The Morgan fingerprint density at radius 1 is 1.13 bits per heavy atom. The standard InChI is InChI=1S/C10H16N4O.C6H4F2/c11-8-1-9(6-15-5-8)14-3-7-2-12-13-10(7)4-14;7-5-1-2-6(8)4-3-5/h2,8-9H,1,3-6,11H2,(H,12,13);1-4H/p+1/t8-,9+;/m0./s1. The molecule has 1 aromatic heterocycles. The van der Waals surface area contributed by atoms with Crippen molar-refractivity contribution in [2.75, 3.05) is 13.2 Å². The lowest BCUT2D eigenvalue weighted by molar-refractivity contribution is -0.947. The number of fused-ring (bicyclic) bond motifs is 1. The highest BCUT2D eigenvalue weighted by Gasteiger charge is 2.34. The summed E-state index contributed by atoms with van der Waals surface area (Å²) < 4.78 is 29.4. The summed E-state index contributed by atoms with van der Waals surface area (Å²) in [5.74, 6) is -0.821. The monoisotopic (exact) mass is 323 g/mol. The zero-order valence-corrected chi connectivity index (χ0v) is 12.8. The molecule has 0 radical (unpaired) electrons. The number of nitrogens with two attached hydrogens (primary N) is 1. The van der Waals surface area contributed by atoms with Gasteiger partial charge < -0.3 is 15.4 Å². The van der Waals surface area contributed by atoms with E-state index in [1.165, 1.54) is 11.3 Å². The van der Waals surface area contributed by atoms with Crippen molar-refractivity contribution in [1.29, 1.82) is 0 Å². The molecule has 0 bridgehead atoms. The lowest BCUT2D eigenvalue weighted by Gasteiger charge is -2.30. The van der Waals surface area contributed by atoms with Gasteiger partial charge >= 0.3 is 0 Å². The van der Waals surface area contributed by atoms with Crippen molar-refractivity contribution in [3.8, 4) is 0 Å². The third-order valence-electron chi connectivity index (χ3n) is 4.25. The fourth-order valence-corrected chi connectivity index (χ4v) is 3.04. The van der Waals surface area contributed by atoms with Crippen molar-refractivity contribution >= 4 is 0 Å². The van der Waals surface area contributed by atoms with Crippen LogP contribution in [0.2, 0.25) is 0 Å². The molecular formula is C16H21F2N4O+. The molecule has 0 aliphatic carbocycles. The molecule has 7 heteroatoms. The third-order valence-corrected chi connectivity index (χ3v) is 4.25. The summed E-state index contributed by atoms with van der Waals surface area (Å²) in [6, 6.07) is 5.08. The van der Waals surface area contributed by atoms with Gasteiger partial charge in [0.2, 0.25) is 0 Å². The molecule has 1 aromatic carbocycles. The fourth-order valence-electron chi connectivity index (χ4n) is 3.04. The summed E-state index contributed by atoms with van der Waals surface area (Å²) in [5, 5.41) is 7.10. The first-order chi connectivity index (χ1) is 11.1. The zero-order chi connectivity index (χ0) is 16.2. The number of benzene rings is 1. The van der Waals surface area contributed by atoms with Crippen molar-refractivity contribution in [3.05, 3.63) is 53.4 Å². The summed E-state index contributed by atoms with van der Waals surface area (Å²) in [7, 11) is 0. The number of rotatable bonds is 1. The number of H-pyrrole nitrogens is 1. The van der Waals surface area contributed by atoms with E-state index in [4.69, 9.17) is 10.5 Å². The predicted molar refractivity (Wildman–Crippen MR) is 80.5 cm³/mol. The Balaban J connectivity index is 0.000000166. The second-order valence-electron chi connectivity index (χ2n) is 6.05. The number of quaternary nitrogens is 1. The SMILES string of the molecule is Fc1ccc(F)cc1.N[C@@H]1COC[C@H]([NH+]2Cc3cn[nH]c3C2)C1. The van der Waals surface area contributed by atoms with Gasteiger partial charge in [-0.15, -0.1) is 0 Å². The Morgan fingerprint density at radius 3 is 2.43 bits per heavy atom. The molecule has 3 atom stereocenters. The van der Waals surface area contributed by atoms with Crippen molar-refractivity contribution in [2.45, 2.75) is 31.6 Å². The van der Waals surface area contributed by atoms with Gasteiger partial charge in [0.15, 0.2) is 0 Å². The van der Waals surface area contributed by atoms with Gasteiger partial charge in [-0.1, -0.05) is 0 Å². The van der Waals surface area contributed by atoms with Crippen molar-refractivity contribution in [2.24, 2.45) is 5.73 Å². The van der Waals surface area contributed by atoms with Gasteiger partial charge in [0.1, 0.15) is 30.8 Å². The topological polar surface area (TPSA) is 68.4 Å². The molecule has 2 aliphatic heterocycles. The van der Waals surface area contributed by atoms with Gasteiger partial charge in [-0.2, -0.15) is 5.10 Å². The predicted octanol–water partition coefficient (Wildman–Crippen LogP) is 0.389. The Kier molecular flexibility index (Phi) is 5.00. The normalized spacial score (nSPS) is 26.3. The molecule has 0 saturated carbocycles. The minimum Gasteiger partial charge on any atom is -0.374 e. The average molecular weight is 323 g/mol. The van der Waals surface area contributed by atoms with Gasteiger partial charge in [0.25, 0.3) is 0 Å². The second-order valence-corrected chi connectivity index (χ2v) is 6.05. The van der Waals surface area contributed by atoms with Gasteiger partial charge in [0.05, 0.1) is 30.7 Å². The molecule has 3 heterocycles. The molecule has 0 spiro atoms. The van der Waals surface area contributed by atoms with Crippen LogP contribution in [0.15, 0.2) is 30.5 Å². The zero-order valence-electron chi connectivity index (χ0n) is 12.8. The van der Waals surface area contributed by atoms with Crippen molar-refractivity contribution < 1.29 is 18.4 Å². The van der Waals surface area contributed by atoms with Crippen LogP contribution in [0, 0.1) is 11.6 Å². The van der Waals surface area contributed by atoms with Crippen LogP contribution in [0.4, 0.5) is 8.78 Å². The average Bonchev–Trinajstić information content (AvgIpc) is 3.12. The molecule has 2 aliphatic rings. The van der Waals surface area contributed by atoms with E-state index < -0.39 is 11.6 Å². The van der Waals surface area contributed by atoms with Crippen LogP contribution in [-0.4, -0.2) is 35.5 Å². The van der Waals surface area contributed by atoms with E-state index in [9.17, 15) is 8.78 Å². The maximum atomic E-state index is 11.9. The van der Waals surface area contributed by atoms with Gasteiger partial charge in [-0.3, -0.25) is 5.10 Å². The molecule has 1 saturated heterocycles. The molecule has 5 nitrogen and oxygen atoms in total. The lowest BCUT2D eigenvalue weighted by Crippen LogP contribution is -3.13. The molecule has 4 N–H and O–H groups in total. The number of ether oxygens (including phenoxy) is 1. The van der Waals surface area contributed by atoms with Crippen LogP contribution in [0.5, 0.6) is 0 Å². The van der Waals surface area contributed by atoms with E-state index in [0.29, 0.717) is 6.04 Å². The van der Waals surface area contributed by atoms with Crippen LogP contribution >= 0.6 is 0 Å². The van der Waals surface area contributed by atoms with Crippen LogP contribution in [-0.2, 0) is 17.8 Å². The number of aromatic nitrogens is 2. The number of hydrogen-bond donors (Lipinski definition) is 3. The minimum absolute atomic E-state index is 0.216. The number of halogens is 2. The first kappa shape index (κ1) is 16.0. The van der Waals surface area contributed by atoms with E-state index in [1.54, 1.807) is 4.90 Å². The number of aromatic amines is 1. The Labute approximate surface area is 133 Å². The van der Waals surface area contributed by atoms with E-state index in [2.05, 4.69) is 10.2 Å². The maximum absolute atomic E-state index is 11.9. The third kappa shape index (κ3) is 4.13. The summed E-state index contributed by atoms with van der Waals surface area (Å²) in [6.45, 7) is 3.67. The lowest BCUT2D eigenvalue weighted by atomic mass is 10.1. The first-order valence-corrected chi connectivity index (χ1v) is 7.72. The second kappa shape index (κ2) is 7.16. The molecule has 0 amide bonds. The molecule has 124 valence electrons. The molecule has 4 rings (SSSR count). The van der Waals surface area contributed by atoms with Crippen LogP contribution in [0.3, 0.4) is 0 Å². The Bertz CT molecular complexity index is 590. The fraction of sp³-hybridized carbons (Fsp3) is 0.438. The van der Waals surface area contributed by atoms with E-state index in [1.807, 2.05) is 6.20 Å². The van der Waals surface area contributed by atoms with E-state index in [-0.39, 0.29) is 6.04 Å². The molecule has 1 fully saturated rings. The van der Waals surface area contributed by atoms with E-state index >= 15 is 0 Å². The number of nitrogens with one attached hydrogen (secondary N) is 2. The number of hydrogen-bond acceptors (Lipinski definition) is 3. The molecule has 1 unspecified atom stereocenters. The number of nitrogens with zero attached hydrogens (tertiary/aromatic N) is 1.